The number of hydrogen-bond acceptors (Lipinski definition) is 7. The predicted octanol–water partition coefficient (Wildman–Crippen LogP) is 2.82. The summed E-state index contributed by atoms with van der Waals surface area (Å²) in [7, 11) is 4.49. The van der Waals surface area contributed by atoms with E-state index < -0.39 is 0 Å². The zero-order chi connectivity index (χ0) is 19.1. The van der Waals surface area contributed by atoms with E-state index in [2.05, 4.69) is 34.7 Å². The minimum absolute atomic E-state index is 0.346. The first-order valence-corrected chi connectivity index (χ1v) is 8.17. The Labute approximate surface area is 152 Å². The Morgan fingerprint density at radius 3 is 2.04 bits per heavy atom. The lowest BCUT2D eigenvalue weighted by atomic mass is 10.1. The van der Waals surface area contributed by atoms with Crippen LogP contribution in [0.15, 0.2) is 24.3 Å². The lowest BCUT2D eigenvalue weighted by Gasteiger charge is -2.14. The smallest absolute Gasteiger partial charge is 0.257 e. The van der Waals surface area contributed by atoms with Crippen LogP contribution in [0.4, 0.5) is 11.6 Å². The van der Waals surface area contributed by atoms with E-state index in [1.807, 2.05) is 0 Å². The van der Waals surface area contributed by atoms with Gasteiger partial charge < -0.3 is 24.8 Å². The summed E-state index contributed by atoms with van der Waals surface area (Å²) in [5.41, 5.74) is 0.350. The number of carbonyl (C=O) groups excluding carboxylic acids is 1. The van der Waals surface area contributed by atoms with Gasteiger partial charge >= 0.3 is 0 Å². The van der Waals surface area contributed by atoms with Crippen LogP contribution in [0.2, 0.25) is 0 Å². The molecule has 0 unspecified atom stereocenters. The van der Waals surface area contributed by atoms with Gasteiger partial charge in [-0.05, 0) is 30.2 Å². The number of anilines is 2. The molecule has 2 aromatic rings. The van der Waals surface area contributed by atoms with Gasteiger partial charge in [-0.15, -0.1) is 10.2 Å². The molecule has 1 aromatic carbocycles. The van der Waals surface area contributed by atoms with Crippen LogP contribution in [0.3, 0.4) is 0 Å². The Balaban J connectivity index is 2.14. The lowest BCUT2D eigenvalue weighted by molar-refractivity contribution is 0.102. The average Bonchev–Trinajstić information content (AvgIpc) is 2.65. The summed E-state index contributed by atoms with van der Waals surface area (Å²) in [6.07, 6.45) is 0. The van der Waals surface area contributed by atoms with Crippen molar-refractivity contribution in [2.24, 2.45) is 5.92 Å². The molecule has 8 nitrogen and oxygen atoms in total. The van der Waals surface area contributed by atoms with Crippen LogP contribution in [0.25, 0.3) is 0 Å². The zero-order valence-corrected chi connectivity index (χ0v) is 15.6. The maximum atomic E-state index is 12.5. The number of amides is 1. The first-order chi connectivity index (χ1) is 12.5. The SMILES string of the molecule is COc1cc(C(=O)Nc2ccc(NCC(C)C)nn2)cc(OC)c1OC. The number of rotatable bonds is 8. The van der Waals surface area contributed by atoms with Gasteiger partial charge in [-0.1, -0.05) is 13.8 Å². The van der Waals surface area contributed by atoms with E-state index in [1.54, 1.807) is 24.3 Å². The van der Waals surface area contributed by atoms with E-state index >= 15 is 0 Å². The van der Waals surface area contributed by atoms with E-state index in [4.69, 9.17) is 14.2 Å². The van der Waals surface area contributed by atoms with Gasteiger partial charge in [-0.25, -0.2) is 0 Å². The number of methoxy groups -OCH3 is 3. The fourth-order valence-corrected chi connectivity index (χ4v) is 2.20. The van der Waals surface area contributed by atoms with E-state index in [1.165, 1.54) is 21.3 Å². The minimum atomic E-state index is -0.360. The molecule has 0 spiro atoms. The number of aromatic nitrogens is 2. The molecule has 8 heteroatoms. The van der Waals surface area contributed by atoms with Gasteiger partial charge in [0.2, 0.25) is 5.75 Å². The minimum Gasteiger partial charge on any atom is -0.493 e. The quantitative estimate of drug-likeness (QED) is 0.747. The van der Waals surface area contributed by atoms with Crippen molar-refractivity contribution in [1.82, 2.24) is 10.2 Å². The van der Waals surface area contributed by atoms with Crippen LogP contribution in [-0.2, 0) is 0 Å². The fourth-order valence-electron chi connectivity index (χ4n) is 2.20. The van der Waals surface area contributed by atoms with Crippen LogP contribution in [0, 0.1) is 5.92 Å². The van der Waals surface area contributed by atoms with Crippen LogP contribution >= 0.6 is 0 Å². The fraction of sp³-hybridized carbons (Fsp3) is 0.389. The maximum Gasteiger partial charge on any atom is 0.257 e. The van der Waals surface area contributed by atoms with Gasteiger partial charge in [0.05, 0.1) is 21.3 Å². The molecule has 1 amide bonds. The number of carbonyl (C=O) groups is 1. The van der Waals surface area contributed by atoms with Crippen LogP contribution in [0.1, 0.15) is 24.2 Å². The summed E-state index contributed by atoms with van der Waals surface area (Å²) in [5.74, 6) is 2.36. The largest absolute Gasteiger partial charge is 0.493 e. The molecule has 0 radical (unpaired) electrons. The number of nitrogens with one attached hydrogen (secondary N) is 2. The van der Waals surface area contributed by atoms with Gasteiger partial charge in [0, 0.05) is 12.1 Å². The second-order valence-electron chi connectivity index (χ2n) is 5.95. The van der Waals surface area contributed by atoms with Gasteiger partial charge in [-0.3, -0.25) is 4.79 Å². The number of benzene rings is 1. The summed E-state index contributed by atoms with van der Waals surface area (Å²) >= 11 is 0. The Morgan fingerprint density at radius 2 is 1.58 bits per heavy atom. The van der Waals surface area contributed by atoms with Crippen molar-refractivity contribution in [2.45, 2.75) is 13.8 Å². The monoisotopic (exact) mass is 360 g/mol. The van der Waals surface area contributed by atoms with Crippen molar-refractivity contribution < 1.29 is 19.0 Å². The summed E-state index contributed by atoms with van der Waals surface area (Å²) in [6, 6.07) is 6.59. The normalized spacial score (nSPS) is 10.4. The van der Waals surface area contributed by atoms with Crippen LogP contribution in [-0.4, -0.2) is 44.0 Å². The van der Waals surface area contributed by atoms with Crippen molar-refractivity contribution in [3.05, 3.63) is 29.8 Å². The summed E-state index contributed by atoms with van der Waals surface area (Å²) in [6.45, 7) is 5.00. The van der Waals surface area contributed by atoms with Gasteiger partial charge in [0.1, 0.15) is 5.82 Å². The highest BCUT2D eigenvalue weighted by Gasteiger charge is 2.17. The molecule has 1 heterocycles. The van der Waals surface area contributed by atoms with Gasteiger partial charge in [-0.2, -0.15) is 0 Å². The average molecular weight is 360 g/mol. The summed E-state index contributed by atoms with van der Waals surface area (Å²) in [4.78, 5) is 12.5. The highest BCUT2D eigenvalue weighted by Crippen LogP contribution is 2.38. The Bertz CT molecular complexity index is 722. The third-order valence-electron chi connectivity index (χ3n) is 3.52. The zero-order valence-electron chi connectivity index (χ0n) is 15.6. The topological polar surface area (TPSA) is 94.6 Å². The predicted molar refractivity (Wildman–Crippen MR) is 99.4 cm³/mol. The molecule has 0 aliphatic carbocycles. The Morgan fingerprint density at radius 1 is 1.00 bits per heavy atom. The molecule has 0 saturated carbocycles. The molecular formula is C18H24N4O4. The molecule has 0 atom stereocenters. The van der Waals surface area contributed by atoms with Gasteiger partial charge in [0.25, 0.3) is 5.91 Å². The van der Waals surface area contributed by atoms with E-state index in [-0.39, 0.29) is 5.91 Å². The van der Waals surface area contributed by atoms with Crippen molar-refractivity contribution in [2.75, 3.05) is 38.5 Å². The Hall–Kier alpha value is -3.03. The van der Waals surface area contributed by atoms with E-state index in [9.17, 15) is 4.79 Å². The van der Waals surface area contributed by atoms with Crippen molar-refractivity contribution >= 4 is 17.5 Å². The second kappa shape index (κ2) is 8.89. The standard InChI is InChI=1S/C18H24N4O4/c1-11(2)10-19-15-6-7-16(22-21-15)20-18(23)12-8-13(24-3)17(26-5)14(9-12)25-4/h6-9,11H,10H2,1-5H3,(H,19,21)(H,20,22,23). The van der Waals surface area contributed by atoms with Crippen LogP contribution < -0.4 is 24.8 Å². The maximum absolute atomic E-state index is 12.5. The molecule has 0 bridgehead atoms. The van der Waals surface area contributed by atoms with Crippen molar-refractivity contribution in [3.8, 4) is 17.2 Å². The van der Waals surface area contributed by atoms with E-state index in [0.29, 0.717) is 40.4 Å². The first-order valence-electron chi connectivity index (χ1n) is 8.17. The second-order valence-corrected chi connectivity index (χ2v) is 5.95. The number of nitrogens with zero attached hydrogens (tertiary/aromatic N) is 2. The third kappa shape index (κ3) is 4.75. The molecule has 2 rings (SSSR count). The van der Waals surface area contributed by atoms with Gasteiger partial charge in [0.15, 0.2) is 17.3 Å². The molecule has 140 valence electrons. The third-order valence-corrected chi connectivity index (χ3v) is 3.52. The molecule has 0 aliphatic rings. The molecule has 1 aromatic heterocycles. The van der Waals surface area contributed by atoms with Crippen molar-refractivity contribution in [3.63, 3.8) is 0 Å². The summed E-state index contributed by atoms with van der Waals surface area (Å²) < 4.78 is 15.8. The molecule has 26 heavy (non-hydrogen) atoms. The molecule has 0 aliphatic heterocycles. The molecule has 0 fully saturated rings. The molecule has 2 N–H and O–H groups in total. The highest BCUT2D eigenvalue weighted by molar-refractivity contribution is 6.04. The van der Waals surface area contributed by atoms with E-state index in [0.717, 1.165) is 6.54 Å². The number of ether oxygens (including phenoxy) is 3. The molecule has 0 saturated heterocycles. The molecular weight excluding hydrogens is 336 g/mol. The Kier molecular flexibility index (Phi) is 6.60. The first kappa shape index (κ1) is 19.3. The highest BCUT2D eigenvalue weighted by atomic mass is 16.5. The summed E-state index contributed by atoms with van der Waals surface area (Å²) in [5, 5.41) is 13.9. The van der Waals surface area contributed by atoms with Crippen LogP contribution in [0.5, 0.6) is 17.2 Å². The number of hydrogen-bond donors (Lipinski definition) is 2. The van der Waals surface area contributed by atoms with Crippen molar-refractivity contribution in [1.29, 1.82) is 0 Å². The lowest BCUT2D eigenvalue weighted by Crippen LogP contribution is -2.15.